The molecule has 1 aliphatic heterocycles. The minimum Gasteiger partial charge on any atom is -0.347 e. The van der Waals surface area contributed by atoms with Gasteiger partial charge in [-0.25, -0.2) is 0 Å². The maximum absolute atomic E-state index is 12.5. The molecule has 0 unspecified atom stereocenters. The first-order valence-corrected chi connectivity index (χ1v) is 9.73. The lowest BCUT2D eigenvalue weighted by Crippen LogP contribution is -2.35. The normalized spacial score (nSPS) is 14.2. The SMILES string of the molecule is Cc1ccc2[nH]nc(C(=O)NCc3ccc(C(=O)N4CCCCC4)cc3)c2c1. The highest BCUT2D eigenvalue weighted by Crippen LogP contribution is 2.18. The fraction of sp³-hybridized carbons (Fsp3) is 0.318. The van der Waals surface area contributed by atoms with Crippen LogP contribution in [-0.4, -0.2) is 40.0 Å². The van der Waals surface area contributed by atoms with Gasteiger partial charge in [-0.15, -0.1) is 0 Å². The van der Waals surface area contributed by atoms with Gasteiger partial charge in [0.25, 0.3) is 11.8 Å². The number of likely N-dealkylation sites (tertiary alicyclic amines) is 1. The number of aromatic nitrogens is 2. The van der Waals surface area contributed by atoms with Gasteiger partial charge in [-0.1, -0.05) is 23.8 Å². The molecule has 4 rings (SSSR count). The Kier molecular flexibility index (Phi) is 5.10. The molecule has 0 bridgehead atoms. The Labute approximate surface area is 163 Å². The van der Waals surface area contributed by atoms with Crippen molar-refractivity contribution in [1.82, 2.24) is 20.4 Å². The fourth-order valence-corrected chi connectivity index (χ4v) is 3.61. The third-order valence-corrected chi connectivity index (χ3v) is 5.23. The van der Waals surface area contributed by atoms with Gasteiger partial charge in [0, 0.05) is 30.6 Å². The number of nitrogens with zero attached hydrogens (tertiary/aromatic N) is 2. The first-order chi connectivity index (χ1) is 13.6. The molecular formula is C22H24N4O2. The first kappa shape index (κ1) is 18.2. The molecule has 0 saturated carbocycles. The smallest absolute Gasteiger partial charge is 0.272 e. The van der Waals surface area contributed by atoms with Crippen LogP contribution in [0.15, 0.2) is 42.5 Å². The molecule has 3 aromatic rings. The molecule has 6 nitrogen and oxygen atoms in total. The highest BCUT2D eigenvalue weighted by atomic mass is 16.2. The third-order valence-electron chi connectivity index (χ3n) is 5.23. The van der Waals surface area contributed by atoms with E-state index in [9.17, 15) is 9.59 Å². The summed E-state index contributed by atoms with van der Waals surface area (Å²) in [5, 5.41) is 10.8. The molecule has 144 valence electrons. The highest BCUT2D eigenvalue weighted by molar-refractivity contribution is 6.04. The van der Waals surface area contributed by atoms with Crippen molar-refractivity contribution in [2.75, 3.05) is 13.1 Å². The van der Waals surface area contributed by atoms with E-state index in [4.69, 9.17) is 0 Å². The van der Waals surface area contributed by atoms with E-state index >= 15 is 0 Å². The number of fused-ring (bicyclic) bond motifs is 1. The van der Waals surface area contributed by atoms with E-state index < -0.39 is 0 Å². The standard InChI is InChI=1S/C22H24N4O2/c1-15-5-10-19-18(13-15)20(25-24-19)21(27)23-14-16-6-8-17(9-7-16)22(28)26-11-3-2-4-12-26/h5-10,13H,2-4,11-12,14H2,1H3,(H,23,27)(H,24,25). The van der Waals surface area contributed by atoms with Crippen LogP contribution in [0.5, 0.6) is 0 Å². The predicted octanol–water partition coefficient (Wildman–Crippen LogP) is 3.43. The average molecular weight is 376 g/mol. The highest BCUT2D eigenvalue weighted by Gasteiger charge is 2.18. The van der Waals surface area contributed by atoms with Gasteiger partial charge in [0.2, 0.25) is 0 Å². The molecule has 0 aliphatic carbocycles. The lowest BCUT2D eigenvalue weighted by atomic mass is 10.1. The predicted molar refractivity (Wildman–Crippen MR) is 108 cm³/mol. The molecule has 0 atom stereocenters. The Morgan fingerprint density at radius 1 is 1.07 bits per heavy atom. The molecule has 1 fully saturated rings. The van der Waals surface area contributed by atoms with Crippen LogP contribution in [0.4, 0.5) is 0 Å². The average Bonchev–Trinajstić information content (AvgIpc) is 3.15. The van der Waals surface area contributed by atoms with Crippen molar-refractivity contribution >= 4 is 22.7 Å². The van der Waals surface area contributed by atoms with E-state index in [-0.39, 0.29) is 11.8 Å². The number of amides is 2. The molecule has 0 radical (unpaired) electrons. The van der Waals surface area contributed by atoms with E-state index in [1.807, 2.05) is 54.3 Å². The minimum absolute atomic E-state index is 0.0913. The Morgan fingerprint density at radius 3 is 2.57 bits per heavy atom. The number of H-pyrrole nitrogens is 1. The quantitative estimate of drug-likeness (QED) is 0.732. The molecule has 2 N–H and O–H groups in total. The first-order valence-electron chi connectivity index (χ1n) is 9.73. The fourth-order valence-electron chi connectivity index (χ4n) is 3.61. The lowest BCUT2D eigenvalue weighted by Gasteiger charge is -2.26. The number of carbonyl (C=O) groups excluding carboxylic acids is 2. The topological polar surface area (TPSA) is 78.1 Å². The van der Waals surface area contributed by atoms with E-state index in [1.54, 1.807) is 0 Å². The summed E-state index contributed by atoms with van der Waals surface area (Å²) in [5.74, 6) is -0.126. The van der Waals surface area contributed by atoms with E-state index in [1.165, 1.54) is 6.42 Å². The number of hydrogen-bond donors (Lipinski definition) is 2. The van der Waals surface area contributed by atoms with Crippen LogP contribution in [0.3, 0.4) is 0 Å². The van der Waals surface area contributed by atoms with Gasteiger partial charge in [-0.05, 0) is 56.0 Å². The molecule has 28 heavy (non-hydrogen) atoms. The van der Waals surface area contributed by atoms with Gasteiger partial charge in [-0.2, -0.15) is 5.10 Å². The second-order valence-corrected chi connectivity index (χ2v) is 7.35. The molecular weight excluding hydrogens is 352 g/mol. The summed E-state index contributed by atoms with van der Waals surface area (Å²) in [6, 6.07) is 13.3. The third kappa shape index (κ3) is 3.76. The van der Waals surface area contributed by atoms with Crippen LogP contribution in [0.2, 0.25) is 0 Å². The summed E-state index contributed by atoms with van der Waals surface area (Å²) in [5.41, 5.74) is 3.97. The number of hydrogen-bond acceptors (Lipinski definition) is 3. The number of carbonyl (C=O) groups is 2. The van der Waals surface area contributed by atoms with E-state index in [0.717, 1.165) is 48.0 Å². The zero-order valence-corrected chi connectivity index (χ0v) is 16.0. The van der Waals surface area contributed by atoms with Crippen molar-refractivity contribution in [3.05, 3.63) is 64.8 Å². The van der Waals surface area contributed by atoms with Crippen molar-refractivity contribution in [2.45, 2.75) is 32.7 Å². The number of rotatable bonds is 4. The van der Waals surface area contributed by atoms with Crippen LogP contribution >= 0.6 is 0 Å². The Hall–Kier alpha value is -3.15. The van der Waals surface area contributed by atoms with Gasteiger partial charge < -0.3 is 10.2 Å². The Morgan fingerprint density at radius 2 is 1.82 bits per heavy atom. The van der Waals surface area contributed by atoms with Gasteiger partial charge in [0.15, 0.2) is 5.69 Å². The Bertz CT molecular complexity index is 1000. The van der Waals surface area contributed by atoms with E-state index in [2.05, 4.69) is 15.5 Å². The van der Waals surface area contributed by atoms with Crippen LogP contribution in [0.25, 0.3) is 10.9 Å². The number of piperidine rings is 1. The largest absolute Gasteiger partial charge is 0.347 e. The summed E-state index contributed by atoms with van der Waals surface area (Å²) in [6.07, 6.45) is 3.36. The summed E-state index contributed by atoms with van der Waals surface area (Å²) >= 11 is 0. The van der Waals surface area contributed by atoms with Crippen LogP contribution in [0.1, 0.15) is 51.2 Å². The summed E-state index contributed by atoms with van der Waals surface area (Å²) < 4.78 is 0. The second-order valence-electron chi connectivity index (χ2n) is 7.35. The zero-order valence-electron chi connectivity index (χ0n) is 16.0. The summed E-state index contributed by atoms with van der Waals surface area (Å²) in [7, 11) is 0. The van der Waals surface area contributed by atoms with Gasteiger partial charge >= 0.3 is 0 Å². The van der Waals surface area contributed by atoms with Gasteiger partial charge in [0.1, 0.15) is 0 Å². The molecule has 1 aromatic heterocycles. The molecule has 0 spiro atoms. The summed E-state index contributed by atoms with van der Waals surface area (Å²) in [6.45, 7) is 4.06. The minimum atomic E-state index is -0.217. The molecule has 2 aromatic carbocycles. The molecule has 1 aliphatic rings. The second kappa shape index (κ2) is 7.84. The number of aromatic amines is 1. The van der Waals surface area contributed by atoms with Crippen LogP contribution in [-0.2, 0) is 6.54 Å². The lowest BCUT2D eigenvalue weighted by molar-refractivity contribution is 0.0724. The zero-order chi connectivity index (χ0) is 19.5. The Balaban J connectivity index is 1.39. The van der Waals surface area contributed by atoms with Crippen LogP contribution < -0.4 is 5.32 Å². The van der Waals surface area contributed by atoms with E-state index in [0.29, 0.717) is 17.8 Å². The molecule has 2 amide bonds. The number of nitrogens with one attached hydrogen (secondary N) is 2. The van der Waals surface area contributed by atoms with Crippen molar-refractivity contribution in [1.29, 1.82) is 0 Å². The number of aryl methyl sites for hydroxylation is 1. The molecule has 1 saturated heterocycles. The van der Waals surface area contributed by atoms with Crippen LogP contribution in [0, 0.1) is 6.92 Å². The molecule has 6 heteroatoms. The summed E-state index contributed by atoms with van der Waals surface area (Å²) in [4.78, 5) is 27.0. The maximum atomic E-state index is 12.5. The van der Waals surface area contributed by atoms with Gasteiger partial charge in [0.05, 0.1) is 5.52 Å². The maximum Gasteiger partial charge on any atom is 0.272 e. The number of benzene rings is 2. The van der Waals surface area contributed by atoms with Crippen molar-refractivity contribution < 1.29 is 9.59 Å². The van der Waals surface area contributed by atoms with Crippen molar-refractivity contribution in [2.24, 2.45) is 0 Å². The molecule has 2 heterocycles. The van der Waals surface area contributed by atoms with Crippen molar-refractivity contribution in [3.63, 3.8) is 0 Å². The van der Waals surface area contributed by atoms with Gasteiger partial charge in [-0.3, -0.25) is 14.7 Å². The monoisotopic (exact) mass is 376 g/mol. The van der Waals surface area contributed by atoms with Crippen molar-refractivity contribution in [3.8, 4) is 0 Å².